The molecule has 3 nitrogen and oxygen atoms in total. The van der Waals surface area contributed by atoms with Gasteiger partial charge >= 0.3 is 0 Å². The van der Waals surface area contributed by atoms with Crippen molar-refractivity contribution < 1.29 is 8.42 Å². The predicted octanol–water partition coefficient (Wildman–Crippen LogP) is 3.49. The summed E-state index contributed by atoms with van der Waals surface area (Å²) in [5.74, 6) is 0.850. The molecule has 0 atom stereocenters. The molecule has 0 radical (unpaired) electrons. The Bertz CT molecular complexity index is 528. The third kappa shape index (κ3) is 7.34. The number of hydrogen-bond acceptors (Lipinski definition) is 4. The van der Waals surface area contributed by atoms with Gasteiger partial charge in [0.1, 0.15) is 0 Å². The number of thioether (sulfide) groups is 1. The number of sulfone groups is 1. The maximum Gasteiger partial charge on any atom is 0.153 e. The van der Waals surface area contributed by atoms with Gasteiger partial charge in [0, 0.05) is 22.7 Å². The van der Waals surface area contributed by atoms with E-state index in [0.29, 0.717) is 5.75 Å². The third-order valence-electron chi connectivity index (χ3n) is 3.10. The second kappa shape index (κ2) is 7.65. The van der Waals surface area contributed by atoms with Gasteiger partial charge in [0.2, 0.25) is 0 Å². The van der Waals surface area contributed by atoms with E-state index in [1.165, 1.54) is 5.56 Å². The first-order valence-electron chi connectivity index (χ1n) is 7.28. The molecule has 0 unspecified atom stereocenters. The summed E-state index contributed by atoms with van der Waals surface area (Å²) in [7, 11) is -2.93. The fourth-order valence-electron chi connectivity index (χ4n) is 1.58. The van der Waals surface area contributed by atoms with Gasteiger partial charge < -0.3 is 5.32 Å². The molecular formula is C16H27NO2S2. The SMILES string of the molecule is CC(C)S(=O)(=O)CCSc1ccc(CNC(C)(C)C)cc1. The number of rotatable bonds is 7. The Morgan fingerprint density at radius 1 is 1.14 bits per heavy atom. The Labute approximate surface area is 133 Å². The first-order valence-corrected chi connectivity index (χ1v) is 9.98. The second-order valence-corrected chi connectivity index (χ2v) is 10.4. The Hall–Kier alpha value is -0.520. The molecule has 1 aromatic carbocycles. The minimum atomic E-state index is -2.93. The highest BCUT2D eigenvalue weighted by Gasteiger charge is 2.15. The first-order chi connectivity index (χ1) is 9.60. The van der Waals surface area contributed by atoms with Crippen LogP contribution in [0.15, 0.2) is 29.2 Å². The molecule has 1 aromatic rings. The second-order valence-electron chi connectivity index (χ2n) is 6.51. The van der Waals surface area contributed by atoms with Crippen LogP contribution in [0.25, 0.3) is 0 Å². The lowest BCUT2D eigenvalue weighted by molar-refractivity contribution is 0.424. The van der Waals surface area contributed by atoms with E-state index in [4.69, 9.17) is 0 Å². The van der Waals surface area contributed by atoms with E-state index >= 15 is 0 Å². The highest BCUT2D eigenvalue weighted by atomic mass is 32.2. The molecule has 1 rings (SSSR count). The van der Waals surface area contributed by atoms with Crippen LogP contribution in [0.3, 0.4) is 0 Å². The summed E-state index contributed by atoms with van der Waals surface area (Å²) in [5.41, 5.74) is 1.35. The summed E-state index contributed by atoms with van der Waals surface area (Å²) >= 11 is 1.60. The lowest BCUT2D eigenvalue weighted by Crippen LogP contribution is -2.35. The summed E-state index contributed by atoms with van der Waals surface area (Å²) < 4.78 is 23.5. The molecule has 5 heteroatoms. The molecule has 0 bridgehead atoms. The standard InChI is InChI=1S/C16H27NO2S2/c1-13(2)21(18,19)11-10-20-15-8-6-14(7-9-15)12-17-16(3,4)5/h6-9,13,17H,10-12H2,1-5H3. The van der Waals surface area contributed by atoms with E-state index in [2.05, 4.69) is 50.4 Å². The van der Waals surface area contributed by atoms with Gasteiger partial charge in [-0.3, -0.25) is 0 Å². The van der Waals surface area contributed by atoms with E-state index in [1.807, 2.05) is 0 Å². The van der Waals surface area contributed by atoms with Crippen LogP contribution in [-0.2, 0) is 16.4 Å². The monoisotopic (exact) mass is 329 g/mol. The van der Waals surface area contributed by atoms with Crippen molar-refractivity contribution in [1.82, 2.24) is 5.32 Å². The van der Waals surface area contributed by atoms with Gasteiger partial charge in [0.05, 0.1) is 11.0 Å². The molecule has 0 aliphatic heterocycles. The average molecular weight is 330 g/mol. The normalized spacial score (nSPS) is 12.9. The molecule has 0 fully saturated rings. The van der Waals surface area contributed by atoms with Gasteiger partial charge in [0.15, 0.2) is 9.84 Å². The minimum Gasteiger partial charge on any atom is -0.308 e. The Kier molecular flexibility index (Phi) is 6.75. The fourth-order valence-corrected chi connectivity index (χ4v) is 3.88. The van der Waals surface area contributed by atoms with Crippen molar-refractivity contribution in [2.45, 2.75) is 56.8 Å². The zero-order chi connectivity index (χ0) is 16.1. The minimum absolute atomic E-state index is 0.110. The molecular weight excluding hydrogens is 302 g/mol. The lowest BCUT2D eigenvalue weighted by Gasteiger charge is -2.20. The van der Waals surface area contributed by atoms with Crippen LogP contribution >= 0.6 is 11.8 Å². The molecule has 21 heavy (non-hydrogen) atoms. The molecule has 0 aliphatic carbocycles. The van der Waals surface area contributed by atoms with E-state index in [1.54, 1.807) is 25.6 Å². The molecule has 120 valence electrons. The van der Waals surface area contributed by atoms with Gasteiger partial charge in [-0.2, -0.15) is 0 Å². The molecule has 0 heterocycles. The van der Waals surface area contributed by atoms with Crippen LogP contribution in [0.1, 0.15) is 40.2 Å². The summed E-state index contributed by atoms with van der Waals surface area (Å²) in [4.78, 5) is 1.12. The van der Waals surface area contributed by atoms with Gasteiger partial charge in [-0.1, -0.05) is 12.1 Å². The van der Waals surface area contributed by atoms with Crippen LogP contribution in [0.4, 0.5) is 0 Å². The molecule has 0 spiro atoms. The third-order valence-corrected chi connectivity index (χ3v) is 6.58. The first kappa shape index (κ1) is 18.5. The molecule has 0 aromatic heterocycles. The van der Waals surface area contributed by atoms with E-state index in [9.17, 15) is 8.42 Å². The number of hydrogen-bond donors (Lipinski definition) is 1. The Morgan fingerprint density at radius 3 is 2.19 bits per heavy atom. The molecule has 0 saturated heterocycles. The van der Waals surface area contributed by atoms with Crippen LogP contribution in [0.2, 0.25) is 0 Å². The van der Waals surface area contributed by atoms with Crippen LogP contribution in [0.5, 0.6) is 0 Å². The van der Waals surface area contributed by atoms with Gasteiger partial charge in [-0.15, -0.1) is 11.8 Å². The van der Waals surface area contributed by atoms with E-state index in [0.717, 1.165) is 11.4 Å². The quantitative estimate of drug-likeness (QED) is 0.778. The molecule has 0 amide bonds. The van der Waals surface area contributed by atoms with Gasteiger partial charge in [0.25, 0.3) is 0 Å². The van der Waals surface area contributed by atoms with Crippen molar-refractivity contribution in [3.63, 3.8) is 0 Å². The van der Waals surface area contributed by atoms with Crippen molar-refractivity contribution in [3.05, 3.63) is 29.8 Å². The number of nitrogens with one attached hydrogen (secondary N) is 1. The Morgan fingerprint density at radius 2 is 1.71 bits per heavy atom. The summed E-state index contributed by atoms with van der Waals surface area (Å²) in [6, 6.07) is 8.31. The smallest absolute Gasteiger partial charge is 0.153 e. The number of benzene rings is 1. The summed E-state index contributed by atoms with van der Waals surface area (Å²) in [6.07, 6.45) is 0. The maximum absolute atomic E-state index is 11.7. The topological polar surface area (TPSA) is 46.2 Å². The maximum atomic E-state index is 11.7. The van der Waals surface area contributed by atoms with Crippen LogP contribution in [-0.4, -0.2) is 30.7 Å². The average Bonchev–Trinajstić information content (AvgIpc) is 2.36. The molecule has 0 aliphatic rings. The highest BCUT2D eigenvalue weighted by Crippen LogP contribution is 2.19. The van der Waals surface area contributed by atoms with E-state index in [-0.39, 0.29) is 16.5 Å². The fraction of sp³-hybridized carbons (Fsp3) is 0.625. The summed E-state index contributed by atoms with van der Waals surface area (Å²) in [5, 5.41) is 3.16. The van der Waals surface area contributed by atoms with Crippen molar-refractivity contribution >= 4 is 21.6 Å². The van der Waals surface area contributed by atoms with Crippen molar-refractivity contribution in [3.8, 4) is 0 Å². The van der Waals surface area contributed by atoms with Gasteiger partial charge in [-0.05, 0) is 52.3 Å². The Balaban J connectivity index is 2.45. The largest absolute Gasteiger partial charge is 0.308 e. The van der Waals surface area contributed by atoms with Crippen LogP contribution in [0, 0.1) is 0 Å². The lowest BCUT2D eigenvalue weighted by atomic mass is 10.1. The van der Waals surface area contributed by atoms with Crippen molar-refractivity contribution in [1.29, 1.82) is 0 Å². The van der Waals surface area contributed by atoms with Crippen LogP contribution < -0.4 is 5.32 Å². The van der Waals surface area contributed by atoms with Crippen molar-refractivity contribution in [2.75, 3.05) is 11.5 Å². The van der Waals surface area contributed by atoms with Gasteiger partial charge in [-0.25, -0.2) is 8.42 Å². The summed E-state index contributed by atoms with van der Waals surface area (Å²) in [6.45, 7) is 10.7. The predicted molar refractivity (Wildman–Crippen MR) is 92.7 cm³/mol. The zero-order valence-electron chi connectivity index (χ0n) is 13.6. The highest BCUT2D eigenvalue weighted by molar-refractivity contribution is 8.00. The van der Waals surface area contributed by atoms with Crippen molar-refractivity contribution in [2.24, 2.45) is 0 Å². The molecule has 1 N–H and O–H groups in total. The molecule has 0 saturated carbocycles. The van der Waals surface area contributed by atoms with E-state index < -0.39 is 9.84 Å². The zero-order valence-corrected chi connectivity index (χ0v) is 15.3.